The van der Waals surface area contributed by atoms with Gasteiger partial charge in [0.25, 0.3) is 5.91 Å². The maximum absolute atomic E-state index is 12.4. The van der Waals surface area contributed by atoms with Crippen molar-refractivity contribution in [1.29, 1.82) is 0 Å². The Morgan fingerprint density at radius 1 is 1.19 bits per heavy atom. The predicted molar refractivity (Wildman–Crippen MR) is 104 cm³/mol. The molecule has 6 heteroatoms. The fourth-order valence-corrected chi connectivity index (χ4v) is 3.40. The highest BCUT2D eigenvalue weighted by atomic mass is 32.1. The largest absolute Gasteiger partial charge is 0.484 e. The molecule has 0 fully saturated rings. The molecule has 130 valence electrons. The molecule has 0 radical (unpaired) electrons. The maximum Gasteiger partial charge on any atom is 0.263 e. The molecule has 1 amide bonds. The summed E-state index contributed by atoms with van der Waals surface area (Å²) in [5.41, 5.74) is 2.68. The quantitative estimate of drug-likeness (QED) is 0.572. The van der Waals surface area contributed by atoms with Gasteiger partial charge in [0.2, 0.25) is 0 Å². The molecular weight excluding hydrogens is 346 g/mol. The van der Waals surface area contributed by atoms with E-state index in [1.807, 2.05) is 77.5 Å². The number of pyridine rings is 1. The van der Waals surface area contributed by atoms with Crippen LogP contribution in [0.25, 0.3) is 16.2 Å². The zero-order valence-electron chi connectivity index (χ0n) is 14.2. The first-order valence-corrected chi connectivity index (χ1v) is 9.09. The lowest BCUT2D eigenvalue weighted by Crippen LogP contribution is -2.21. The average Bonchev–Trinajstić information content (AvgIpc) is 3.29. The van der Waals surface area contributed by atoms with Gasteiger partial charge in [0, 0.05) is 6.20 Å². The molecule has 5 nitrogen and oxygen atoms in total. The molecule has 0 spiro atoms. The number of anilines is 1. The molecule has 0 unspecified atom stereocenters. The van der Waals surface area contributed by atoms with Crippen LogP contribution in [0.4, 0.5) is 5.82 Å². The molecule has 0 saturated heterocycles. The number of para-hydroxylation sites is 1. The van der Waals surface area contributed by atoms with E-state index in [4.69, 9.17) is 9.72 Å². The number of hydrogen-bond acceptors (Lipinski definition) is 4. The summed E-state index contributed by atoms with van der Waals surface area (Å²) in [5, 5.41) is 4.95. The minimum atomic E-state index is -0.228. The van der Waals surface area contributed by atoms with Gasteiger partial charge in [0.05, 0.1) is 4.88 Å². The van der Waals surface area contributed by atoms with Gasteiger partial charge < -0.3 is 10.1 Å². The highest BCUT2D eigenvalue weighted by Crippen LogP contribution is 2.32. The van der Waals surface area contributed by atoms with Crippen LogP contribution in [-0.2, 0) is 4.79 Å². The van der Waals surface area contributed by atoms with E-state index in [1.165, 1.54) is 0 Å². The second-order valence-electron chi connectivity index (χ2n) is 5.87. The van der Waals surface area contributed by atoms with Crippen LogP contribution < -0.4 is 10.1 Å². The van der Waals surface area contributed by atoms with Crippen molar-refractivity contribution in [2.75, 3.05) is 11.9 Å². The van der Waals surface area contributed by atoms with Gasteiger partial charge in [-0.2, -0.15) is 0 Å². The van der Waals surface area contributed by atoms with E-state index in [1.54, 1.807) is 11.3 Å². The van der Waals surface area contributed by atoms with Crippen molar-refractivity contribution in [3.8, 4) is 16.3 Å². The SMILES string of the molecule is Cc1ccn2c(NC(=O)COc3ccccc3)c(-c3cccs3)nc2c1. The van der Waals surface area contributed by atoms with Crippen LogP contribution in [0.5, 0.6) is 5.75 Å². The van der Waals surface area contributed by atoms with E-state index in [0.717, 1.165) is 21.8 Å². The standard InChI is InChI=1S/C20H17N3O2S/c1-14-9-10-23-17(12-14)21-19(16-8-5-11-26-16)20(23)22-18(24)13-25-15-6-3-2-4-7-15/h2-12H,13H2,1H3,(H,22,24). The van der Waals surface area contributed by atoms with Gasteiger partial charge in [-0.25, -0.2) is 4.98 Å². The van der Waals surface area contributed by atoms with Crippen molar-refractivity contribution in [2.24, 2.45) is 0 Å². The zero-order chi connectivity index (χ0) is 17.9. The summed E-state index contributed by atoms with van der Waals surface area (Å²) in [5.74, 6) is 1.09. The highest BCUT2D eigenvalue weighted by molar-refractivity contribution is 7.13. The van der Waals surface area contributed by atoms with E-state index in [9.17, 15) is 4.79 Å². The molecule has 0 aliphatic carbocycles. The third kappa shape index (κ3) is 3.32. The average molecular weight is 363 g/mol. The van der Waals surface area contributed by atoms with Gasteiger partial charge in [0.1, 0.15) is 22.9 Å². The minimum Gasteiger partial charge on any atom is -0.484 e. The highest BCUT2D eigenvalue weighted by Gasteiger charge is 2.17. The lowest BCUT2D eigenvalue weighted by Gasteiger charge is -2.09. The number of carbonyl (C=O) groups is 1. The number of fused-ring (bicyclic) bond motifs is 1. The number of aryl methyl sites for hydroxylation is 1. The Morgan fingerprint density at radius 2 is 2.04 bits per heavy atom. The third-order valence-electron chi connectivity index (χ3n) is 3.91. The lowest BCUT2D eigenvalue weighted by molar-refractivity contribution is -0.118. The number of ether oxygens (including phenoxy) is 1. The number of benzene rings is 1. The molecule has 0 atom stereocenters. The van der Waals surface area contributed by atoms with Crippen molar-refractivity contribution >= 4 is 28.7 Å². The number of rotatable bonds is 5. The first-order chi connectivity index (χ1) is 12.7. The summed E-state index contributed by atoms with van der Waals surface area (Å²) in [6.45, 7) is 1.96. The van der Waals surface area contributed by atoms with Crippen LogP contribution in [-0.4, -0.2) is 21.9 Å². The Hall–Kier alpha value is -3.12. The lowest BCUT2D eigenvalue weighted by atomic mass is 10.3. The Labute approximate surface area is 154 Å². The molecule has 1 aromatic carbocycles. The van der Waals surface area contributed by atoms with Crippen molar-refractivity contribution in [1.82, 2.24) is 9.38 Å². The van der Waals surface area contributed by atoms with Gasteiger partial charge in [-0.3, -0.25) is 9.20 Å². The Morgan fingerprint density at radius 3 is 2.81 bits per heavy atom. The van der Waals surface area contributed by atoms with Crippen LogP contribution in [0.3, 0.4) is 0 Å². The monoisotopic (exact) mass is 363 g/mol. The molecule has 0 bridgehead atoms. The summed E-state index contributed by atoms with van der Waals surface area (Å²) < 4.78 is 7.43. The Kier molecular flexibility index (Phi) is 4.41. The molecule has 0 saturated carbocycles. The van der Waals surface area contributed by atoms with Gasteiger partial charge >= 0.3 is 0 Å². The normalized spacial score (nSPS) is 10.8. The summed E-state index contributed by atoms with van der Waals surface area (Å²) >= 11 is 1.59. The number of carbonyl (C=O) groups excluding carboxylic acids is 1. The Bertz CT molecular complexity index is 1040. The number of amides is 1. The molecule has 4 rings (SSSR count). The number of nitrogens with one attached hydrogen (secondary N) is 1. The van der Waals surface area contributed by atoms with E-state index in [2.05, 4.69) is 5.32 Å². The van der Waals surface area contributed by atoms with Crippen LogP contribution in [0.15, 0.2) is 66.2 Å². The topological polar surface area (TPSA) is 55.6 Å². The molecular formula is C20H17N3O2S. The number of nitrogens with zero attached hydrogens (tertiary/aromatic N) is 2. The number of imidazole rings is 1. The summed E-state index contributed by atoms with van der Waals surface area (Å²) in [7, 11) is 0. The van der Waals surface area contributed by atoms with E-state index in [-0.39, 0.29) is 12.5 Å². The van der Waals surface area contributed by atoms with E-state index in [0.29, 0.717) is 11.6 Å². The summed E-state index contributed by atoms with van der Waals surface area (Å²) in [4.78, 5) is 18.2. The molecule has 0 aliphatic heterocycles. The van der Waals surface area contributed by atoms with E-state index >= 15 is 0 Å². The summed E-state index contributed by atoms with van der Waals surface area (Å²) in [6, 6.07) is 17.2. The van der Waals surface area contributed by atoms with Crippen molar-refractivity contribution in [3.63, 3.8) is 0 Å². The van der Waals surface area contributed by atoms with Gasteiger partial charge in [-0.15, -0.1) is 11.3 Å². The Balaban J connectivity index is 1.62. The van der Waals surface area contributed by atoms with Crippen LogP contribution >= 0.6 is 11.3 Å². The van der Waals surface area contributed by atoms with Crippen LogP contribution in [0, 0.1) is 6.92 Å². The van der Waals surface area contributed by atoms with Crippen LogP contribution in [0.2, 0.25) is 0 Å². The minimum absolute atomic E-state index is 0.0625. The molecule has 3 heterocycles. The van der Waals surface area contributed by atoms with E-state index < -0.39 is 0 Å². The first-order valence-electron chi connectivity index (χ1n) is 8.21. The van der Waals surface area contributed by atoms with Gasteiger partial charge in [0.15, 0.2) is 6.61 Å². The molecule has 1 N–H and O–H groups in total. The molecule has 4 aromatic rings. The fourth-order valence-electron chi connectivity index (χ4n) is 2.68. The number of aromatic nitrogens is 2. The number of thiophene rings is 1. The predicted octanol–water partition coefficient (Wildman–Crippen LogP) is 4.39. The van der Waals surface area contributed by atoms with Gasteiger partial charge in [-0.05, 0) is 48.2 Å². The first kappa shape index (κ1) is 16.4. The summed E-state index contributed by atoms with van der Waals surface area (Å²) in [6.07, 6.45) is 1.92. The van der Waals surface area contributed by atoms with Crippen molar-refractivity contribution < 1.29 is 9.53 Å². The van der Waals surface area contributed by atoms with Crippen molar-refractivity contribution in [3.05, 3.63) is 71.7 Å². The molecule has 3 aromatic heterocycles. The molecule has 0 aliphatic rings. The fraction of sp³-hybridized carbons (Fsp3) is 0.100. The molecule has 26 heavy (non-hydrogen) atoms. The zero-order valence-corrected chi connectivity index (χ0v) is 15.0. The smallest absolute Gasteiger partial charge is 0.263 e. The van der Waals surface area contributed by atoms with Gasteiger partial charge in [-0.1, -0.05) is 24.3 Å². The van der Waals surface area contributed by atoms with Crippen molar-refractivity contribution in [2.45, 2.75) is 6.92 Å². The maximum atomic E-state index is 12.4. The second kappa shape index (κ2) is 7.01. The second-order valence-corrected chi connectivity index (χ2v) is 6.82. The number of hydrogen-bond donors (Lipinski definition) is 1. The third-order valence-corrected chi connectivity index (χ3v) is 4.78. The van der Waals surface area contributed by atoms with Crippen LogP contribution in [0.1, 0.15) is 5.56 Å².